The number of nitriles is 1. The summed E-state index contributed by atoms with van der Waals surface area (Å²) in [7, 11) is 1.57. The molecule has 0 aliphatic carbocycles. The van der Waals surface area contributed by atoms with Crippen LogP contribution in [0.15, 0.2) is 53.9 Å². The highest BCUT2D eigenvalue weighted by molar-refractivity contribution is 5.71. The highest BCUT2D eigenvalue weighted by Gasteiger charge is 2.36. The quantitative estimate of drug-likeness (QED) is 0.518. The molecule has 1 aromatic heterocycles. The molecule has 3 N–H and O–H groups in total. The third-order valence-electron chi connectivity index (χ3n) is 6.36. The molecule has 3 aromatic rings. The van der Waals surface area contributed by atoms with Crippen molar-refractivity contribution in [1.29, 1.82) is 5.26 Å². The Balaban J connectivity index is 1.47. The number of aromatic amines is 1. The fourth-order valence-electron chi connectivity index (χ4n) is 4.51. The van der Waals surface area contributed by atoms with Crippen molar-refractivity contribution < 1.29 is 23.3 Å². The van der Waals surface area contributed by atoms with Crippen LogP contribution in [0.5, 0.6) is 17.4 Å². The molecule has 0 spiro atoms. The van der Waals surface area contributed by atoms with Crippen LogP contribution in [0.1, 0.15) is 17.0 Å². The van der Waals surface area contributed by atoms with E-state index in [1.165, 1.54) is 12.1 Å². The Kier molecular flexibility index (Phi) is 6.75. The second-order valence-corrected chi connectivity index (χ2v) is 8.46. The fraction of sp³-hybridized carbons (Fsp3) is 0.308. The number of nitrogens with zero attached hydrogens (tertiary/aromatic N) is 3. The number of aromatic nitrogens is 2. The van der Waals surface area contributed by atoms with Gasteiger partial charge in [0.05, 0.1) is 37.5 Å². The van der Waals surface area contributed by atoms with Crippen LogP contribution in [0.4, 0.5) is 4.39 Å². The molecule has 186 valence electrons. The zero-order valence-electron chi connectivity index (χ0n) is 19.8. The Morgan fingerprint density at radius 3 is 2.69 bits per heavy atom. The summed E-state index contributed by atoms with van der Waals surface area (Å²) in [4.78, 5) is 2.29. The van der Waals surface area contributed by atoms with Gasteiger partial charge in [-0.25, -0.2) is 4.39 Å². The van der Waals surface area contributed by atoms with Gasteiger partial charge < -0.3 is 24.7 Å². The molecule has 3 heterocycles. The van der Waals surface area contributed by atoms with Gasteiger partial charge in [-0.2, -0.15) is 5.26 Å². The minimum atomic E-state index is -0.575. The normalized spacial score (nSPS) is 17.8. The Morgan fingerprint density at radius 2 is 1.97 bits per heavy atom. The molecule has 0 bridgehead atoms. The molecular formula is C26H26FN5O4. The maximum Gasteiger partial charge on any atom is 0.244 e. The van der Waals surface area contributed by atoms with E-state index in [2.05, 4.69) is 21.2 Å². The van der Waals surface area contributed by atoms with Crippen LogP contribution in [0.25, 0.3) is 11.3 Å². The molecule has 0 unspecified atom stereocenters. The van der Waals surface area contributed by atoms with Crippen LogP contribution in [-0.2, 0) is 4.74 Å². The summed E-state index contributed by atoms with van der Waals surface area (Å²) in [5, 5.41) is 17.2. The summed E-state index contributed by atoms with van der Waals surface area (Å²) in [6.07, 6.45) is 0. The van der Waals surface area contributed by atoms with E-state index < -0.39 is 5.92 Å². The minimum Gasteiger partial charge on any atom is -0.493 e. The van der Waals surface area contributed by atoms with E-state index in [9.17, 15) is 9.65 Å². The van der Waals surface area contributed by atoms with Gasteiger partial charge in [-0.3, -0.25) is 10.00 Å². The van der Waals surface area contributed by atoms with Gasteiger partial charge in [-0.05, 0) is 42.0 Å². The summed E-state index contributed by atoms with van der Waals surface area (Å²) in [6, 6.07) is 13.7. The van der Waals surface area contributed by atoms with E-state index >= 15 is 0 Å². The number of nitrogens with two attached hydrogens (primary N) is 1. The smallest absolute Gasteiger partial charge is 0.244 e. The number of halogens is 1. The van der Waals surface area contributed by atoms with Crippen molar-refractivity contribution in [1.82, 2.24) is 15.1 Å². The molecule has 10 heteroatoms. The number of allylic oxidation sites excluding steroid dienone is 1. The van der Waals surface area contributed by atoms with Crippen molar-refractivity contribution >= 4 is 0 Å². The molecular weight excluding hydrogens is 465 g/mol. The van der Waals surface area contributed by atoms with Gasteiger partial charge in [0.2, 0.25) is 11.8 Å². The van der Waals surface area contributed by atoms with Crippen LogP contribution in [0.2, 0.25) is 0 Å². The van der Waals surface area contributed by atoms with Gasteiger partial charge in [0.15, 0.2) is 11.5 Å². The zero-order chi connectivity index (χ0) is 25.1. The first-order chi connectivity index (χ1) is 17.6. The van der Waals surface area contributed by atoms with Crippen molar-refractivity contribution in [2.75, 3.05) is 46.6 Å². The van der Waals surface area contributed by atoms with E-state index in [4.69, 9.17) is 24.7 Å². The van der Waals surface area contributed by atoms with Crippen molar-refractivity contribution in [3.8, 4) is 34.7 Å². The molecule has 1 saturated heterocycles. The summed E-state index contributed by atoms with van der Waals surface area (Å²) >= 11 is 0. The molecule has 1 fully saturated rings. The van der Waals surface area contributed by atoms with Crippen molar-refractivity contribution in [2.24, 2.45) is 5.73 Å². The Labute approximate surface area is 207 Å². The van der Waals surface area contributed by atoms with Gasteiger partial charge in [-0.15, -0.1) is 5.10 Å². The lowest BCUT2D eigenvalue weighted by Crippen LogP contribution is -2.38. The van der Waals surface area contributed by atoms with Crippen LogP contribution in [-0.4, -0.2) is 61.7 Å². The lowest BCUT2D eigenvalue weighted by molar-refractivity contribution is 0.0321. The third kappa shape index (κ3) is 4.58. The fourth-order valence-corrected chi connectivity index (χ4v) is 4.51. The van der Waals surface area contributed by atoms with Crippen LogP contribution in [0, 0.1) is 17.1 Å². The Morgan fingerprint density at radius 1 is 1.19 bits per heavy atom. The standard InChI is InChI=1S/C26H26FN5O4/c1-33-21-14-17(4-7-20(21)35-13-10-32-8-11-34-12-9-32)22-19(15-28)25(29)36-26-23(22)24(30-31-26)16-2-5-18(27)6-3-16/h2-7,14,22H,8-13,29H2,1H3,(H,30,31)/t22-/m0/s1. The van der Waals surface area contributed by atoms with Gasteiger partial charge in [0, 0.05) is 25.2 Å². The Bertz CT molecular complexity index is 1310. The number of hydrogen-bond acceptors (Lipinski definition) is 8. The molecule has 0 radical (unpaired) electrons. The number of hydrogen-bond donors (Lipinski definition) is 2. The number of rotatable bonds is 7. The average molecular weight is 492 g/mol. The molecule has 2 aliphatic rings. The molecule has 1 atom stereocenters. The number of ether oxygens (including phenoxy) is 4. The highest BCUT2D eigenvalue weighted by Crippen LogP contribution is 2.47. The number of H-pyrrole nitrogens is 1. The highest BCUT2D eigenvalue weighted by atomic mass is 19.1. The topological polar surface area (TPSA) is 119 Å². The molecule has 9 nitrogen and oxygen atoms in total. The molecule has 2 aromatic carbocycles. The minimum absolute atomic E-state index is 0.0167. The zero-order valence-corrected chi connectivity index (χ0v) is 19.8. The molecule has 36 heavy (non-hydrogen) atoms. The summed E-state index contributed by atoms with van der Waals surface area (Å²) in [5.41, 5.74) is 9.04. The van der Waals surface area contributed by atoms with Crippen LogP contribution < -0.4 is 19.9 Å². The van der Waals surface area contributed by atoms with Crippen LogP contribution >= 0.6 is 0 Å². The van der Waals surface area contributed by atoms with Crippen LogP contribution in [0.3, 0.4) is 0 Å². The lowest BCUT2D eigenvalue weighted by atomic mass is 9.83. The maximum absolute atomic E-state index is 13.5. The first-order valence-electron chi connectivity index (χ1n) is 11.6. The van der Waals surface area contributed by atoms with Crippen molar-refractivity contribution in [3.05, 3.63) is 70.9 Å². The van der Waals surface area contributed by atoms with E-state index in [-0.39, 0.29) is 23.2 Å². The number of nitrogens with one attached hydrogen (secondary N) is 1. The average Bonchev–Trinajstić information content (AvgIpc) is 3.32. The SMILES string of the molecule is COc1cc([C@H]2C(C#N)=C(N)Oc3n[nH]c(-c4ccc(F)cc4)c32)ccc1OCCN1CCOCC1. The number of morpholine rings is 1. The number of benzene rings is 2. The lowest BCUT2D eigenvalue weighted by Gasteiger charge is -2.27. The molecule has 2 aliphatic heterocycles. The first kappa shape index (κ1) is 23.7. The number of fused-ring (bicyclic) bond motifs is 1. The van der Waals surface area contributed by atoms with Crippen molar-refractivity contribution in [3.63, 3.8) is 0 Å². The molecule has 0 amide bonds. The van der Waals surface area contributed by atoms with Gasteiger partial charge in [-0.1, -0.05) is 6.07 Å². The predicted molar refractivity (Wildman–Crippen MR) is 129 cm³/mol. The van der Waals surface area contributed by atoms with Gasteiger partial charge in [0.25, 0.3) is 0 Å². The second kappa shape index (κ2) is 10.3. The van der Waals surface area contributed by atoms with E-state index in [1.54, 1.807) is 19.2 Å². The largest absolute Gasteiger partial charge is 0.493 e. The van der Waals surface area contributed by atoms with Gasteiger partial charge in [0.1, 0.15) is 24.1 Å². The van der Waals surface area contributed by atoms with E-state index in [1.807, 2.05) is 18.2 Å². The van der Waals surface area contributed by atoms with Crippen molar-refractivity contribution in [2.45, 2.75) is 5.92 Å². The second-order valence-electron chi connectivity index (χ2n) is 8.46. The summed E-state index contributed by atoms with van der Waals surface area (Å²) < 4.78 is 36.2. The van der Waals surface area contributed by atoms with E-state index in [0.29, 0.717) is 34.9 Å². The van der Waals surface area contributed by atoms with E-state index in [0.717, 1.165) is 38.4 Å². The third-order valence-corrected chi connectivity index (χ3v) is 6.36. The number of methoxy groups -OCH3 is 1. The molecule has 0 saturated carbocycles. The maximum atomic E-state index is 13.5. The molecule has 5 rings (SSSR count). The summed E-state index contributed by atoms with van der Waals surface area (Å²) in [6.45, 7) is 4.53. The predicted octanol–water partition coefficient (Wildman–Crippen LogP) is 3.15. The van der Waals surface area contributed by atoms with Gasteiger partial charge >= 0.3 is 0 Å². The Hall–Kier alpha value is -4.07. The summed E-state index contributed by atoms with van der Waals surface area (Å²) in [5.74, 6) is 0.454. The first-order valence-corrected chi connectivity index (χ1v) is 11.6. The monoisotopic (exact) mass is 491 g/mol.